The number of carbonyl (C=O) groups excluding carboxylic acids is 3. The van der Waals surface area contributed by atoms with Gasteiger partial charge in [-0.3, -0.25) is 14.5 Å². The summed E-state index contributed by atoms with van der Waals surface area (Å²) in [5, 5.41) is 12.3. The van der Waals surface area contributed by atoms with E-state index in [1.54, 1.807) is 30.6 Å². The standard InChI is InChI=1S/C26H31F2N5O4/c1-26(2,3)37-25(36)30-20(23(34)33-18(10-29)6-15-7-21(15)33)13-31-12-19-9-22(31)24(35)32(19)11-14-4-16(27)8-17(28)5-14/h4-5,8,15,18-22H,6-7,9,11-13H2,1-3H3,(H,30,36)/t15-,18+,19-,20+,21+,22-/m1/s1. The third-order valence-corrected chi connectivity index (χ3v) is 7.58. The van der Waals surface area contributed by atoms with E-state index < -0.39 is 41.5 Å². The lowest BCUT2D eigenvalue weighted by atomic mass is 10.1. The summed E-state index contributed by atoms with van der Waals surface area (Å²) in [6, 6.07) is 3.24. The van der Waals surface area contributed by atoms with Crippen molar-refractivity contribution in [2.75, 3.05) is 13.1 Å². The van der Waals surface area contributed by atoms with E-state index >= 15 is 0 Å². The summed E-state index contributed by atoms with van der Waals surface area (Å²) in [6.45, 7) is 5.83. The number of carbonyl (C=O) groups is 3. The summed E-state index contributed by atoms with van der Waals surface area (Å²) in [5.41, 5.74) is -0.387. The van der Waals surface area contributed by atoms with Crippen LogP contribution in [-0.4, -0.2) is 81.5 Å². The van der Waals surface area contributed by atoms with Crippen LogP contribution in [0.3, 0.4) is 0 Å². The number of hydrogen-bond acceptors (Lipinski definition) is 6. The van der Waals surface area contributed by atoms with Crippen LogP contribution in [-0.2, 0) is 20.9 Å². The summed E-state index contributed by atoms with van der Waals surface area (Å²) < 4.78 is 32.7. The molecule has 2 bridgehead atoms. The molecule has 4 aliphatic rings. The number of rotatable bonds is 6. The first-order chi connectivity index (χ1) is 17.4. The molecule has 0 unspecified atom stereocenters. The quantitative estimate of drug-likeness (QED) is 0.623. The lowest BCUT2D eigenvalue weighted by Crippen LogP contribution is -2.59. The summed E-state index contributed by atoms with van der Waals surface area (Å²) in [4.78, 5) is 44.5. The molecular formula is C26H31F2N5O4. The van der Waals surface area contributed by atoms with E-state index in [2.05, 4.69) is 11.4 Å². The third kappa shape index (κ3) is 5.12. The third-order valence-electron chi connectivity index (χ3n) is 7.58. The number of benzene rings is 1. The summed E-state index contributed by atoms with van der Waals surface area (Å²) in [7, 11) is 0. The second-order valence-corrected chi connectivity index (χ2v) is 11.5. The Hall–Kier alpha value is -3.26. The summed E-state index contributed by atoms with van der Waals surface area (Å²) in [5.74, 6) is -1.59. The molecule has 1 aromatic carbocycles. The Balaban J connectivity index is 1.29. The molecule has 3 amide bonds. The molecule has 1 saturated carbocycles. The molecule has 0 aromatic heterocycles. The highest BCUT2D eigenvalue weighted by Crippen LogP contribution is 2.48. The van der Waals surface area contributed by atoms with Gasteiger partial charge in [0.05, 0.1) is 12.1 Å². The van der Waals surface area contributed by atoms with Crippen molar-refractivity contribution >= 4 is 17.9 Å². The number of piperazine rings is 1. The Morgan fingerprint density at radius 1 is 1.19 bits per heavy atom. The number of hydrogen-bond donors (Lipinski definition) is 1. The topological polar surface area (TPSA) is 106 Å². The molecule has 3 heterocycles. The first-order valence-electron chi connectivity index (χ1n) is 12.6. The van der Waals surface area contributed by atoms with Gasteiger partial charge in [-0.15, -0.1) is 0 Å². The SMILES string of the molecule is CC(C)(C)OC(=O)N[C@@H](CN1C[C@H]2C[C@@H]1C(=O)N2Cc1cc(F)cc(F)c1)C(=O)N1[C@H](C#N)C[C@@H]2C[C@@H]21. The van der Waals surface area contributed by atoms with E-state index in [0.29, 0.717) is 30.9 Å². The van der Waals surface area contributed by atoms with Crippen LogP contribution in [0.5, 0.6) is 0 Å². The van der Waals surface area contributed by atoms with E-state index in [0.717, 1.165) is 12.5 Å². The van der Waals surface area contributed by atoms with Crippen LogP contribution in [0, 0.1) is 28.9 Å². The van der Waals surface area contributed by atoms with Crippen LogP contribution in [0.25, 0.3) is 0 Å². The fraction of sp³-hybridized carbons (Fsp3) is 0.615. The van der Waals surface area contributed by atoms with Crippen LogP contribution < -0.4 is 5.32 Å². The minimum Gasteiger partial charge on any atom is -0.444 e. The molecule has 1 N–H and O–H groups in total. The van der Waals surface area contributed by atoms with Crippen molar-refractivity contribution < 1.29 is 27.9 Å². The van der Waals surface area contributed by atoms with Crippen molar-refractivity contribution in [3.63, 3.8) is 0 Å². The first kappa shape index (κ1) is 25.4. The Kier molecular flexibility index (Phi) is 6.34. The van der Waals surface area contributed by atoms with E-state index in [4.69, 9.17) is 4.74 Å². The van der Waals surface area contributed by atoms with Gasteiger partial charge < -0.3 is 19.9 Å². The van der Waals surface area contributed by atoms with Gasteiger partial charge in [-0.2, -0.15) is 5.26 Å². The fourth-order valence-electron chi connectivity index (χ4n) is 5.98. The Labute approximate surface area is 214 Å². The number of nitriles is 1. The number of nitrogens with zero attached hydrogens (tertiary/aromatic N) is 4. The van der Waals surface area contributed by atoms with Crippen LogP contribution >= 0.6 is 0 Å². The number of likely N-dealkylation sites (tertiary alicyclic amines) is 3. The van der Waals surface area contributed by atoms with Gasteiger partial charge in [0.2, 0.25) is 11.8 Å². The van der Waals surface area contributed by atoms with Crippen molar-refractivity contribution in [3.05, 3.63) is 35.4 Å². The largest absolute Gasteiger partial charge is 0.444 e. The lowest BCUT2D eigenvalue weighted by Gasteiger charge is -2.36. The summed E-state index contributed by atoms with van der Waals surface area (Å²) >= 11 is 0. The maximum Gasteiger partial charge on any atom is 0.408 e. The van der Waals surface area contributed by atoms with Crippen LogP contribution in [0.4, 0.5) is 13.6 Å². The van der Waals surface area contributed by atoms with Crippen LogP contribution in [0.2, 0.25) is 0 Å². The highest BCUT2D eigenvalue weighted by atomic mass is 19.1. The predicted molar refractivity (Wildman–Crippen MR) is 127 cm³/mol. The lowest BCUT2D eigenvalue weighted by molar-refractivity contribution is -0.140. The molecule has 5 rings (SSSR count). The minimum atomic E-state index is -0.983. The van der Waals surface area contributed by atoms with E-state index in [1.807, 2.05) is 4.90 Å². The smallest absolute Gasteiger partial charge is 0.408 e. The molecule has 1 aliphatic carbocycles. The average Bonchev–Trinajstić information content (AvgIpc) is 3.13. The molecular weight excluding hydrogens is 484 g/mol. The second-order valence-electron chi connectivity index (χ2n) is 11.5. The molecule has 9 nitrogen and oxygen atoms in total. The summed E-state index contributed by atoms with van der Waals surface area (Å²) in [6.07, 6.45) is 1.27. The molecule has 3 saturated heterocycles. The Bertz CT molecular complexity index is 1140. The highest BCUT2D eigenvalue weighted by Gasteiger charge is 2.56. The van der Waals surface area contributed by atoms with Gasteiger partial charge in [-0.25, -0.2) is 13.6 Å². The number of fused-ring (bicyclic) bond motifs is 3. The van der Waals surface area contributed by atoms with Crippen LogP contribution in [0.15, 0.2) is 18.2 Å². The fourth-order valence-corrected chi connectivity index (χ4v) is 5.98. The van der Waals surface area contributed by atoms with Crippen molar-refractivity contribution in [1.82, 2.24) is 20.0 Å². The number of halogens is 2. The second kappa shape index (κ2) is 9.24. The number of alkyl carbamates (subject to hydrolysis) is 1. The molecule has 4 fully saturated rings. The van der Waals surface area contributed by atoms with Gasteiger partial charge in [-0.1, -0.05) is 0 Å². The minimum absolute atomic E-state index is 0.0129. The van der Waals surface area contributed by atoms with Gasteiger partial charge >= 0.3 is 6.09 Å². The number of nitrogens with one attached hydrogen (secondary N) is 1. The maximum absolute atomic E-state index is 13.6. The van der Waals surface area contributed by atoms with Crippen molar-refractivity contribution in [2.24, 2.45) is 5.92 Å². The zero-order valence-electron chi connectivity index (χ0n) is 21.1. The first-order valence-corrected chi connectivity index (χ1v) is 12.6. The molecule has 198 valence electrons. The number of piperidine rings is 1. The number of ether oxygens (including phenoxy) is 1. The molecule has 6 atom stereocenters. The zero-order valence-corrected chi connectivity index (χ0v) is 21.1. The average molecular weight is 516 g/mol. The molecule has 0 radical (unpaired) electrons. The monoisotopic (exact) mass is 515 g/mol. The number of amides is 3. The van der Waals surface area contributed by atoms with Crippen LogP contribution in [0.1, 0.15) is 45.6 Å². The molecule has 37 heavy (non-hydrogen) atoms. The van der Waals surface area contributed by atoms with Crippen molar-refractivity contribution in [1.29, 1.82) is 5.26 Å². The van der Waals surface area contributed by atoms with Gasteiger partial charge in [-0.05, 0) is 63.6 Å². The predicted octanol–water partition coefficient (Wildman–Crippen LogP) is 2.16. The van der Waals surface area contributed by atoms with E-state index in [9.17, 15) is 28.4 Å². The van der Waals surface area contributed by atoms with Gasteiger partial charge in [0.25, 0.3) is 0 Å². The van der Waals surface area contributed by atoms with E-state index in [-0.39, 0.29) is 37.0 Å². The van der Waals surface area contributed by atoms with Crippen molar-refractivity contribution in [2.45, 2.75) is 82.4 Å². The van der Waals surface area contributed by atoms with Gasteiger partial charge in [0.1, 0.15) is 29.3 Å². The Morgan fingerprint density at radius 2 is 1.89 bits per heavy atom. The highest BCUT2D eigenvalue weighted by molar-refractivity contribution is 5.88. The maximum atomic E-state index is 13.6. The molecule has 11 heteroatoms. The normalized spacial score (nSPS) is 29.2. The Morgan fingerprint density at radius 3 is 2.51 bits per heavy atom. The molecule has 1 aromatic rings. The molecule has 0 spiro atoms. The zero-order chi connectivity index (χ0) is 26.6. The van der Waals surface area contributed by atoms with Crippen molar-refractivity contribution in [3.8, 4) is 6.07 Å². The van der Waals surface area contributed by atoms with Gasteiger partial charge in [0.15, 0.2) is 0 Å². The van der Waals surface area contributed by atoms with E-state index in [1.165, 1.54) is 12.1 Å². The van der Waals surface area contributed by atoms with Gasteiger partial charge in [0, 0.05) is 37.8 Å². The molecule has 3 aliphatic heterocycles.